The number of hydrogen-bond donors (Lipinski definition) is 1. The maximum atomic E-state index is 11.1. The zero-order valence-electron chi connectivity index (χ0n) is 8.65. The van der Waals surface area contributed by atoms with Gasteiger partial charge in [-0.2, -0.15) is 5.10 Å². The zero-order chi connectivity index (χ0) is 10.6. The molecule has 0 radical (unpaired) electrons. The Hall–Kier alpha value is -1.52. The molecule has 1 N–H and O–H groups in total. The molecular formula is C9H15N3O2. The zero-order valence-corrected chi connectivity index (χ0v) is 8.65. The average molecular weight is 197 g/mol. The number of carbonyl (C=O) groups excluding carboxylic acids is 1. The summed E-state index contributed by atoms with van der Waals surface area (Å²) in [6, 6.07) is 1.85. The van der Waals surface area contributed by atoms with E-state index in [0.717, 1.165) is 5.82 Å². The van der Waals surface area contributed by atoms with Crippen molar-refractivity contribution in [3.8, 4) is 0 Å². The van der Waals surface area contributed by atoms with Crippen molar-refractivity contribution < 1.29 is 9.53 Å². The standard InChI is InChI=1S/C9H15N3O2/c1-7(9(13)14-3)6-10-8-4-5-12(2)11-8/h4-5,7H,6H2,1-3H3,(H,10,11). The number of carbonyl (C=O) groups is 1. The lowest BCUT2D eigenvalue weighted by Gasteiger charge is -2.09. The molecule has 0 aliphatic carbocycles. The number of rotatable bonds is 4. The van der Waals surface area contributed by atoms with E-state index in [9.17, 15) is 4.79 Å². The number of anilines is 1. The van der Waals surface area contributed by atoms with E-state index in [2.05, 4.69) is 15.2 Å². The minimum Gasteiger partial charge on any atom is -0.469 e. The van der Waals surface area contributed by atoms with Crippen LogP contribution in [0.5, 0.6) is 0 Å². The highest BCUT2D eigenvalue weighted by Gasteiger charge is 2.12. The Kier molecular flexibility index (Phi) is 3.50. The highest BCUT2D eigenvalue weighted by Crippen LogP contribution is 2.04. The third kappa shape index (κ3) is 2.76. The number of nitrogens with zero attached hydrogens (tertiary/aromatic N) is 2. The first-order valence-electron chi connectivity index (χ1n) is 4.45. The van der Waals surface area contributed by atoms with Crippen LogP contribution in [0.1, 0.15) is 6.92 Å². The molecule has 0 aliphatic rings. The molecule has 1 aromatic heterocycles. The molecule has 5 nitrogen and oxygen atoms in total. The van der Waals surface area contributed by atoms with Crippen molar-refractivity contribution in [3.05, 3.63) is 12.3 Å². The van der Waals surface area contributed by atoms with Gasteiger partial charge in [0.05, 0.1) is 13.0 Å². The molecule has 1 atom stereocenters. The Bertz CT molecular complexity index is 309. The van der Waals surface area contributed by atoms with Gasteiger partial charge in [0.25, 0.3) is 0 Å². The van der Waals surface area contributed by atoms with Crippen molar-refractivity contribution in [1.29, 1.82) is 0 Å². The van der Waals surface area contributed by atoms with Gasteiger partial charge < -0.3 is 10.1 Å². The summed E-state index contributed by atoms with van der Waals surface area (Å²) >= 11 is 0. The molecule has 0 saturated heterocycles. The summed E-state index contributed by atoms with van der Waals surface area (Å²) in [7, 11) is 3.23. The highest BCUT2D eigenvalue weighted by molar-refractivity contribution is 5.72. The van der Waals surface area contributed by atoms with Gasteiger partial charge in [-0.1, -0.05) is 6.92 Å². The van der Waals surface area contributed by atoms with E-state index in [1.54, 1.807) is 4.68 Å². The normalized spacial score (nSPS) is 12.2. The third-order valence-corrected chi connectivity index (χ3v) is 1.91. The Labute approximate surface area is 83.1 Å². The fourth-order valence-corrected chi connectivity index (χ4v) is 1.05. The van der Waals surface area contributed by atoms with Gasteiger partial charge in [0.1, 0.15) is 5.82 Å². The molecule has 0 aromatic carbocycles. The predicted molar refractivity (Wildman–Crippen MR) is 52.9 cm³/mol. The van der Waals surface area contributed by atoms with Crippen LogP contribution in [-0.2, 0) is 16.6 Å². The summed E-state index contributed by atoms with van der Waals surface area (Å²) in [5, 5.41) is 7.17. The summed E-state index contributed by atoms with van der Waals surface area (Å²) in [6.07, 6.45) is 1.84. The number of esters is 1. The lowest BCUT2D eigenvalue weighted by molar-refractivity contribution is -0.144. The molecule has 0 bridgehead atoms. The Morgan fingerprint density at radius 1 is 1.79 bits per heavy atom. The SMILES string of the molecule is COC(=O)C(C)CNc1ccn(C)n1. The van der Waals surface area contributed by atoms with Crippen LogP contribution in [0.25, 0.3) is 0 Å². The maximum Gasteiger partial charge on any atom is 0.310 e. The quantitative estimate of drug-likeness (QED) is 0.720. The lowest BCUT2D eigenvalue weighted by atomic mass is 10.2. The first-order valence-corrected chi connectivity index (χ1v) is 4.45. The second kappa shape index (κ2) is 4.64. The van der Waals surface area contributed by atoms with Gasteiger partial charge in [0.2, 0.25) is 0 Å². The molecular weight excluding hydrogens is 182 g/mol. The minimum absolute atomic E-state index is 0.165. The van der Waals surface area contributed by atoms with Gasteiger partial charge in [-0.25, -0.2) is 0 Å². The molecule has 1 aromatic rings. The van der Waals surface area contributed by atoms with Crippen molar-refractivity contribution >= 4 is 11.8 Å². The molecule has 0 amide bonds. The van der Waals surface area contributed by atoms with Crippen LogP contribution >= 0.6 is 0 Å². The molecule has 0 spiro atoms. The highest BCUT2D eigenvalue weighted by atomic mass is 16.5. The van der Waals surface area contributed by atoms with E-state index < -0.39 is 0 Å². The Morgan fingerprint density at radius 2 is 2.50 bits per heavy atom. The smallest absolute Gasteiger partial charge is 0.310 e. The molecule has 0 fully saturated rings. The van der Waals surface area contributed by atoms with Crippen molar-refractivity contribution in [2.75, 3.05) is 19.0 Å². The number of aromatic nitrogens is 2. The van der Waals surface area contributed by atoms with Crippen LogP contribution in [0, 0.1) is 5.92 Å². The van der Waals surface area contributed by atoms with E-state index in [4.69, 9.17) is 0 Å². The fourth-order valence-electron chi connectivity index (χ4n) is 1.05. The van der Waals surface area contributed by atoms with Crippen molar-refractivity contribution in [2.24, 2.45) is 13.0 Å². The summed E-state index contributed by atoms with van der Waals surface area (Å²) in [5.41, 5.74) is 0. The minimum atomic E-state index is -0.214. The van der Waals surface area contributed by atoms with Gasteiger partial charge in [-0.3, -0.25) is 9.48 Å². The number of hydrogen-bond acceptors (Lipinski definition) is 4. The van der Waals surface area contributed by atoms with Crippen LogP contribution < -0.4 is 5.32 Å². The second-order valence-electron chi connectivity index (χ2n) is 3.18. The van der Waals surface area contributed by atoms with Crippen molar-refractivity contribution in [1.82, 2.24) is 9.78 Å². The van der Waals surface area contributed by atoms with Crippen LogP contribution in [0.2, 0.25) is 0 Å². The summed E-state index contributed by atoms with van der Waals surface area (Å²) in [6.45, 7) is 2.34. The van der Waals surface area contributed by atoms with Crippen LogP contribution in [0.4, 0.5) is 5.82 Å². The van der Waals surface area contributed by atoms with E-state index in [-0.39, 0.29) is 11.9 Å². The fraction of sp³-hybridized carbons (Fsp3) is 0.556. The second-order valence-corrected chi connectivity index (χ2v) is 3.18. The van der Waals surface area contributed by atoms with E-state index in [1.807, 2.05) is 26.2 Å². The topological polar surface area (TPSA) is 56.1 Å². The Morgan fingerprint density at radius 3 is 3.00 bits per heavy atom. The molecule has 1 unspecified atom stereocenters. The molecule has 5 heteroatoms. The predicted octanol–water partition coefficient (Wildman–Crippen LogP) is 0.641. The molecule has 0 saturated carbocycles. The summed E-state index contributed by atoms with van der Waals surface area (Å²) < 4.78 is 6.30. The largest absolute Gasteiger partial charge is 0.469 e. The van der Waals surface area contributed by atoms with E-state index in [0.29, 0.717) is 6.54 Å². The van der Waals surface area contributed by atoms with Crippen molar-refractivity contribution in [3.63, 3.8) is 0 Å². The molecule has 1 rings (SSSR count). The lowest BCUT2D eigenvalue weighted by Crippen LogP contribution is -2.21. The third-order valence-electron chi connectivity index (χ3n) is 1.91. The average Bonchev–Trinajstić information content (AvgIpc) is 2.59. The first-order chi connectivity index (χ1) is 6.63. The number of aryl methyl sites for hydroxylation is 1. The molecule has 78 valence electrons. The van der Waals surface area contributed by atoms with Crippen LogP contribution in [-0.4, -0.2) is 29.4 Å². The molecule has 1 heterocycles. The summed E-state index contributed by atoms with van der Waals surface area (Å²) in [5.74, 6) is 0.388. The van der Waals surface area contributed by atoms with Gasteiger partial charge in [0, 0.05) is 25.9 Å². The van der Waals surface area contributed by atoms with Gasteiger partial charge >= 0.3 is 5.97 Å². The summed E-state index contributed by atoms with van der Waals surface area (Å²) in [4.78, 5) is 11.1. The first kappa shape index (κ1) is 10.6. The van der Waals surface area contributed by atoms with Crippen LogP contribution in [0.15, 0.2) is 12.3 Å². The molecule has 14 heavy (non-hydrogen) atoms. The van der Waals surface area contributed by atoms with E-state index >= 15 is 0 Å². The number of nitrogens with one attached hydrogen (secondary N) is 1. The number of ether oxygens (including phenoxy) is 1. The maximum absolute atomic E-state index is 11.1. The Balaban J connectivity index is 2.37. The van der Waals surface area contributed by atoms with Gasteiger partial charge in [-0.15, -0.1) is 0 Å². The number of methoxy groups -OCH3 is 1. The van der Waals surface area contributed by atoms with E-state index in [1.165, 1.54) is 7.11 Å². The van der Waals surface area contributed by atoms with Crippen molar-refractivity contribution in [2.45, 2.75) is 6.92 Å². The van der Waals surface area contributed by atoms with Gasteiger partial charge in [0.15, 0.2) is 0 Å². The monoisotopic (exact) mass is 197 g/mol. The molecule has 0 aliphatic heterocycles. The van der Waals surface area contributed by atoms with Crippen LogP contribution in [0.3, 0.4) is 0 Å². The van der Waals surface area contributed by atoms with Gasteiger partial charge in [-0.05, 0) is 0 Å².